The van der Waals surface area contributed by atoms with E-state index in [0.29, 0.717) is 62.6 Å². The lowest BCUT2D eigenvalue weighted by molar-refractivity contribution is -0.308. The van der Waals surface area contributed by atoms with Gasteiger partial charge < -0.3 is 14.4 Å². The van der Waals surface area contributed by atoms with Crippen molar-refractivity contribution < 1.29 is 9.47 Å². The molecule has 5 spiro atoms. The predicted octanol–water partition coefficient (Wildman–Crippen LogP) is 7.63. The number of aliphatic imine (C=N–C) groups is 1. The highest BCUT2D eigenvalue weighted by Gasteiger charge is 2.87. The van der Waals surface area contributed by atoms with Crippen LogP contribution in [-0.2, 0) is 9.47 Å². The van der Waals surface area contributed by atoms with Crippen molar-refractivity contribution in [2.45, 2.75) is 128 Å². The lowest BCUT2D eigenvalue weighted by Crippen LogP contribution is -2.70. The second-order valence-electron chi connectivity index (χ2n) is 21.1. The molecule has 15 aliphatic rings. The van der Waals surface area contributed by atoms with Gasteiger partial charge >= 0.3 is 0 Å². The molecule has 17 unspecified atom stereocenters. The van der Waals surface area contributed by atoms with E-state index in [2.05, 4.69) is 45.2 Å². The number of likely N-dealkylation sites (tertiary alicyclic amines) is 1. The van der Waals surface area contributed by atoms with Crippen molar-refractivity contribution in [3.8, 4) is 0 Å². The third-order valence-corrected chi connectivity index (χ3v) is 20.0. The summed E-state index contributed by atoms with van der Waals surface area (Å²) in [6.45, 7) is 7.77. The highest BCUT2D eigenvalue weighted by Crippen LogP contribution is 2.88. The van der Waals surface area contributed by atoms with Gasteiger partial charge in [0.2, 0.25) is 0 Å². The maximum absolute atomic E-state index is 8.21. The van der Waals surface area contributed by atoms with Crippen LogP contribution in [0.1, 0.15) is 104 Å². The third kappa shape index (κ3) is 2.45. The Labute approximate surface area is 276 Å². The zero-order chi connectivity index (χ0) is 30.4. The molecule has 3 aliphatic heterocycles. The fourth-order valence-electron chi connectivity index (χ4n) is 19.4. The average Bonchev–Trinajstić information content (AvgIpc) is 3.54. The molecular formula is C42H56N2O2. The van der Waals surface area contributed by atoms with Crippen LogP contribution in [0.25, 0.3) is 0 Å². The van der Waals surface area contributed by atoms with E-state index in [1.165, 1.54) is 103 Å². The Morgan fingerprint density at radius 1 is 1.00 bits per heavy atom. The normalized spacial score (nSPS) is 66.7. The molecule has 0 aromatic heterocycles. The molecule has 15 rings (SSSR count). The van der Waals surface area contributed by atoms with Gasteiger partial charge in [-0.05, 0) is 137 Å². The monoisotopic (exact) mass is 620 g/mol. The molecule has 0 aromatic carbocycles. The largest absolute Gasteiger partial charge is 0.381 e. The molecule has 10 fully saturated rings. The van der Waals surface area contributed by atoms with Crippen LogP contribution in [0.3, 0.4) is 0 Å². The summed E-state index contributed by atoms with van der Waals surface area (Å²) in [4.78, 5) is 8.28. The molecule has 0 radical (unpaired) electrons. The number of allylic oxidation sites excluding steroid dienone is 2. The molecule has 46 heavy (non-hydrogen) atoms. The van der Waals surface area contributed by atoms with Crippen molar-refractivity contribution in [3.05, 3.63) is 22.8 Å². The summed E-state index contributed by atoms with van der Waals surface area (Å²) < 4.78 is 15.0. The number of nitrogens with zero attached hydrogens (tertiary/aromatic N) is 2. The summed E-state index contributed by atoms with van der Waals surface area (Å²) >= 11 is 0. The Morgan fingerprint density at radius 2 is 1.91 bits per heavy atom. The maximum atomic E-state index is 8.21. The van der Waals surface area contributed by atoms with Crippen LogP contribution < -0.4 is 0 Å². The van der Waals surface area contributed by atoms with E-state index < -0.39 is 0 Å². The second-order valence-corrected chi connectivity index (χ2v) is 21.1. The van der Waals surface area contributed by atoms with Crippen LogP contribution in [0.5, 0.6) is 0 Å². The molecule has 0 amide bonds. The first-order valence-corrected chi connectivity index (χ1v) is 20.1. The molecule has 0 N–H and O–H groups in total. The van der Waals surface area contributed by atoms with Crippen LogP contribution in [-0.4, -0.2) is 62.2 Å². The molecule has 12 bridgehead atoms. The number of ether oxygens (including phenoxy) is 2. The lowest BCUT2D eigenvalue weighted by atomic mass is 9.38. The summed E-state index contributed by atoms with van der Waals surface area (Å²) in [5, 5.41) is 0. The van der Waals surface area contributed by atoms with E-state index in [9.17, 15) is 0 Å². The summed E-state index contributed by atoms with van der Waals surface area (Å²) in [5.74, 6) is 5.45. The van der Waals surface area contributed by atoms with Gasteiger partial charge in [-0.1, -0.05) is 31.9 Å². The molecule has 8 saturated carbocycles. The zero-order valence-corrected chi connectivity index (χ0v) is 29.0. The molecular weight excluding hydrogens is 564 g/mol. The van der Waals surface area contributed by atoms with Crippen molar-refractivity contribution in [1.29, 1.82) is 0 Å². The molecule has 246 valence electrons. The molecule has 4 heteroatoms. The van der Waals surface area contributed by atoms with Gasteiger partial charge in [-0.2, -0.15) is 0 Å². The highest BCUT2D eigenvalue weighted by atomic mass is 16.5. The van der Waals surface area contributed by atoms with E-state index in [1.807, 2.05) is 16.7 Å². The van der Waals surface area contributed by atoms with E-state index >= 15 is 0 Å². The fourth-order valence-corrected chi connectivity index (χ4v) is 19.4. The molecule has 0 aromatic rings. The van der Waals surface area contributed by atoms with Crippen LogP contribution in [0, 0.1) is 73.9 Å². The Bertz CT molecular complexity index is 1610. The van der Waals surface area contributed by atoms with E-state index in [0.717, 1.165) is 29.6 Å². The number of piperidine rings is 1. The van der Waals surface area contributed by atoms with Gasteiger partial charge in [0.05, 0.1) is 23.9 Å². The first kappa shape index (κ1) is 26.8. The van der Waals surface area contributed by atoms with Gasteiger partial charge in [0.1, 0.15) is 0 Å². The van der Waals surface area contributed by atoms with Crippen LogP contribution in [0.4, 0.5) is 0 Å². The summed E-state index contributed by atoms with van der Waals surface area (Å²) in [6, 6.07) is 0.513. The zero-order valence-electron chi connectivity index (χ0n) is 29.0. The van der Waals surface area contributed by atoms with Gasteiger partial charge in [0, 0.05) is 65.3 Å². The Kier molecular flexibility index (Phi) is 4.40. The van der Waals surface area contributed by atoms with Crippen molar-refractivity contribution >= 4 is 6.21 Å². The van der Waals surface area contributed by atoms with Crippen LogP contribution in [0.2, 0.25) is 0 Å². The Balaban J connectivity index is 0.914. The van der Waals surface area contributed by atoms with Gasteiger partial charge in [0.25, 0.3) is 0 Å². The predicted molar refractivity (Wildman–Crippen MR) is 178 cm³/mol. The second kappa shape index (κ2) is 7.53. The Hall–Kier alpha value is -0.970. The van der Waals surface area contributed by atoms with Crippen molar-refractivity contribution in [2.24, 2.45) is 78.9 Å². The summed E-state index contributed by atoms with van der Waals surface area (Å²) in [5.41, 5.74) is 7.95. The first-order chi connectivity index (χ1) is 22.2. The van der Waals surface area contributed by atoms with Crippen molar-refractivity contribution in [3.63, 3.8) is 0 Å². The topological polar surface area (TPSA) is 34.1 Å². The minimum Gasteiger partial charge on any atom is -0.381 e. The molecule has 17 atom stereocenters. The molecule has 12 aliphatic carbocycles. The van der Waals surface area contributed by atoms with Crippen molar-refractivity contribution in [2.75, 3.05) is 27.2 Å². The highest BCUT2D eigenvalue weighted by molar-refractivity contribution is 5.69. The van der Waals surface area contributed by atoms with Gasteiger partial charge in [-0.25, -0.2) is 0 Å². The van der Waals surface area contributed by atoms with Gasteiger partial charge in [0.15, 0.2) is 0 Å². The fraction of sp³-hybridized carbons (Fsp3) is 0.881. The van der Waals surface area contributed by atoms with E-state index in [-0.39, 0.29) is 5.60 Å². The molecule has 2 saturated heterocycles. The van der Waals surface area contributed by atoms with Gasteiger partial charge in [-0.3, -0.25) is 4.99 Å². The molecule has 3 heterocycles. The summed E-state index contributed by atoms with van der Waals surface area (Å²) in [7, 11) is 4.45. The van der Waals surface area contributed by atoms with Gasteiger partial charge in [-0.15, -0.1) is 0 Å². The average molecular weight is 621 g/mol. The summed E-state index contributed by atoms with van der Waals surface area (Å²) in [6.07, 6.45) is 25.6. The van der Waals surface area contributed by atoms with Crippen LogP contribution in [0.15, 0.2) is 27.8 Å². The van der Waals surface area contributed by atoms with Crippen LogP contribution >= 0.6 is 0 Å². The first-order valence-electron chi connectivity index (χ1n) is 20.1. The quantitative estimate of drug-likeness (QED) is 0.302. The standard InChI is InChI=1S/C42H56N2O2/c1-36-8-5-9-42-30(36)7-11-39-20-40(28(16-31(39)42)33(45-4)32(39)34(42)43-21-36)12-13-41-27-15-26-24-14-23-17-37(2,22-44(3)19-23)25(24)6-10-38(26,18-29(27)41)35(41)46-40/h15,21,23,27-35H,5-14,16-20,22H2,1-4H3. The van der Waals surface area contributed by atoms with Crippen molar-refractivity contribution in [1.82, 2.24) is 4.90 Å². The molecule has 4 nitrogen and oxygen atoms in total. The lowest BCUT2D eigenvalue weighted by Gasteiger charge is -2.70. The minimum atomic E-state index is 0.0339. The maximum Gasteiger partial charge on any atom is 0.0745 e. The smallest absolute Gasteiger partial charge is 0.0745 e. The Morgan fingerprint density at radius 3 is 2.80 bits per heavy atom. The minimum absolute atomic E-state index is 0.0339. The van der Waals surface area contributed by atoms with E-state index in [1.54, 1.807) is 0 Å². The number of hydrogen-bond acceptors (Lipinski definition) is 4. The SMILES string of the molecule is COC1C2CC3C4(CCC5C6(C)C=NC(C14)C53CCC6)CC21CCC23C4C=C5C6=C(CCC5(CC42)C3O1)C1(C)CC(C6)CN(C)C1. The number of fused-ring (bicyclic) bond motifs is 3. The number of hydrogen-bond donors (Lipinski definition) is 0. The van der Waals surface area contributed by atoms with E-state index in [4.69, 9.17) is 14.5 Å². The number of methoxy groups -OCH3 is 1. The number of rotatable bonds is 1. The third-order valence-electron chi connectivity index (χ3n) is 20.0.